The second kappa shape index (κ2) is 9.78. The summed E-state index contributed by atoms with van der Waals surface area (Å²) in [5.41, 5.74) is 2.43. The summed E-state index contributed by atoms with van der Waals surface area (Å²) in [6, 6.07) is 11.9. The number of fused-ring (bicyclic) bond motifs is 1. The monoisotopic (exact) mass is 487 g/mol. The van der Waals surface area contributed by atoms with Crippen molar-refractivity contribution in [1.82, 2.24) is 4.90 Å². The lowest BCUT2D eigenvalue weighted by Crippen LogP contribution is -2.41. The van der Waals surface area contributed by atoms with Crippen LogP contribution in [0, 0.1) is 10.1 Å². The molecule has 10 heteroatoms. The molecule has 0 spiro atoms. The molecule has 0 bridgehead atoms. The number of nitro groups is 1. The van der Waals surface area contributed by atoms with Crippen molar-refractivity contribution in [2.24, 2.45) is 0 Å². The molecular formula is C23H22ClN3O5S. The van der Waals surface area contributed by atoms with Crippen LogP contribution in [0.25, 0.3) is 0 Å². The molecule has 2 heterocycles. The zero-order valence-corrected chi connectivity index (χ0v) is 19.6. The number of hydrogen-bond donors (Lipinski definition) is 1. The third kappa shape index (κ3) is 4.80. The van der Waals surface area contributed by atoms with E-state index in [4.69, 9.17) is 21.1 Å². The van der Waals surface area contributed by atoms with Gasteiger partial charge in [0.15, 0.2) is 11.5 Å². The van der Waals surface area contributed by atoms with E-state index in [9.17, 15) is 14.9 Å². The number of nitrogens with one attached hydrogen (secondary N) is 1. The van der Waals surface area contributed by atoms with Crippen molar-refractivity contribution < 1.29 is 19.2 Å². The number of thiophene rings is 1. The van der Waals surface area contributed by atoms with Crippen LogP contribution in [0.4, 0.5) is 11.4 Å². The van der Waals surface area contributed by atoms with Gasteiger partial charge in [-0.1, -0.05) is 17.7 Å². The number of hydrogen-bond acceptors (Lipinski definition) is 7. The number of rotatable bonds is 7. The highest BCUT2D eigenvalue weighted by Crippen LogP contribution is 2.42. The Labute approximate surface area is 199 Å². The molecule has 0 aliphatic carbocycles. The quantitative estimate of drug-likeness (QED) is 0.376. The van der Waals surface area contributed by atoms with Crippen molar-refractivity contribution in [3.8, 4) is 11.5 Å². The number of nitro benzene ring substituents is 1. The molecule has 3 aromatic rings. The van der Waals surface area contributed by atoms with E-state index < -0.39 is 4.92 Å². The molecular weight excluding hydrogens is 466 g/mol. The normalized spacial score (nSPS) is 15.5. The Hall–Kier alpha value is -3.14. The van der Waals surface area contributed by atoms with Crippen LogP contribution in [0.5, 0.6) is 11.5 Å². The summed E-state index contributed by atoms with van der Waals surface area (Å²) in [4.78, 5) is 26.5. The Balaban J connectivity index is 1.60. The summed E-state index contributed by atoms with van der Waals surface area (Å²) < 4.78 is 11.0. The fraction of sp³-hybridized carbons (Fsp3) is 0.261. The Bertz CT molecular complexity index is 1190. The van der Waals surface area contributed by atoms with E-state index in [0.29, 0.717) is 23.7 Å². The Morgan fingerprint density at radius 3 is 2.64 bits per heavy atom. The zero-order valence-electron chi connectivity index (χ0n) is 18.0. The van der Waals surface area contributed by atoms with Crippen LogP contribution in [0.3, 0.4) is 0 Å². The Morgan fingerprint density at radius 2 is 2.00 bits per heavy atom. The molecule has 1 amide bonds. The fourth-order valence-electron chi connectivity index (χ4n) is 4.04. The standard InChI is InChI=1S/C23H22ClN3O5S/c1-31-19-10-14-7-8-26(23(21-4-3-9-33-21)16(14)12-20(19)32-2)13-22(28)25-18-6-5-15(27(29)30)11-17(18)24/h3-6,9-12,23H,7-8,13H2,1-2H3,(H,25,28)/t23-/m1/s1. The van der Waals surface area contributed by atoms with Crippen molar-refractivity contribution in [3.63, 3.8) is 0 Å². The molecule has 0 radical (unpaired) electrons. The molecule has 0 saturated heterocycles. The molecule has 0 fully saturated rings. The predicted molar refractivity (Wildman–Crippen MR) is 128 cm³/mol. The second-order valence-electron chi connectivity index (χ2n) is 7.51. The highest BCUT2D eigenvalue weighted by atomic mass is 35.5. The number of ether oxygens (including phenoxy) is 2. The topological polar surface area (TPSA) is 93.9 Å². The lowest BCUT2D eigenvalue weighted by Gasteiger charge is -2.37. The first kappa shape index (κ1) is 23.0. The van der Waals surface area contributed by atoms with Gasteiger partial charge in [0.2, 0.25) is 5.91 Å². The van der Waals surface area contributed by atoms with E-state index in [2.05, 4.69) is 16.3 Å². The molecule has 4 rings (SSSR count). The van der Waals surface area contributed by atoms with Gasteiger partial charge in [-0.2, -0.15) is 0 Å². The number of carbonyl (C=O) groups excluding carboxylic acids is 1. The van der Waals surface area contributed by atoms with Crippen molar-refractivity contribution in [3.05, 3.63) is 79.0 Å². The maximum absolute atomic E-state index is 12.9. The summed E-state index contributed by atoms with van der Waals surface area (Å²) in [5, 5.41) is 15.8. The minimum absolute atomic E-state index is 0.119. The molecule has 1 atom stereocenters. The molecule has 172 valence electrons. The average molecular weight is 488 g/mol. The second-order valence-corrected chi connectivity index (χ2v) is 8.90. The number of carbonyl (C=O) groups is 1. The van der Waals surface area contributed by atoms with Crippen molar-refractivity contribution in [2.75, 3.05) is 32.6 Å². The molecule has 1 aliphatic rings. The number of non-ortho nitro benzene ring substituents is 1. The Kier molecular flexibility index (Phi) is 6.83. The van der Waals surface area contributed by atoms with E-state index in [1.807, 2.05) is 23.6 Å². The first-order chi connectivity index (χ1) is 15.9. The predicted octanol–water partition coefficient (Wildman–Crippen LogP) is 4.91. The van der Waals surface area contributed by atoms with Gasteiger partial charge in [0.1, 0.15) is 0 Å². The van der Waals surface area contributed by atoms with Crippen LogP contribution < -0.4 is 14.8 Å². The average Bonchev–Trinajstić information content (AvgIpc) is 3.33. The van der Waals surface area contributed by atoms with Gasteiger partial charge in [-0.3, -0.25) is 19.8 Å². The highest BCUT2D eigenvalue weighted by Gasteiger charge is 2.32. The molecule has 2 aromatic carbocycles. The summed E-state index contributed by atoms with van der Waals surface area (Å²) in [6.07, 6.45) is 0.753. The maximum atomic E-state index is 12.9. The van der Waals surface area contributed by atoms with E-state index in [-0.39, 0.29) is 29.2 Å². The molecule has 8 nitrogen and oxygen atoms in total. The molecule has 0 unspecified atom stereocenters. The van der Waals surface area contributed by atoms with Gasteiger partial charge in [-0.25, -0.2) is 0 Å². The minimum atomic E-state index is -0.530. The van der Waals surface area contributed by atoms with E-state index in [1.165, 1.54) is 18.2 Å². The molecule has 1 aromatic heterocycles. The summed E-state index contributed by atoms with van der Waals surface area (Å²) in [7, 11) is 3.22. The van der Waals surface area contributed by atoms with Crippen LogP contribution >= 0.6 is 22.9 Å². The van der Waals surface area contributed by atoms with E-state index in [1.54, 1.807) is 25.6 Å². The van der Waals surface area contributed by atoms with Gasteiger partial charge in [0.05, 0.1) is 42.4 Å². The van der Waals surface area contributed by atoms with Crippen LogP contribution in [-0.4, -0.2) is 43.0 Å². The third-order valence-electron chi connectivity index (χ3n) is 5.57. The third-order valence-corrected chi connectivity index (χ3v) is 6.81. The summed E-state index contributed by atoms with van der Waals surface area (Å²) in [6.45, 7) is 0.802. The van der Waals surface area contributed by atoms with Gasteiger partial charge in [-0.15, -0.1) is 11.3 Å². The van der Waals surface area contributed by atoms with Crippen molar-refractivity contribution in [1.29, 1.82) is 0 Å². The van der Waals surface area contributed by atoms with Gasteiger partial charge >= 0.3 is 0 Å². The number of nitrogens with zero attached hydrogens (tertiary/aromatic N) is 2. The SMILES string of the molecule is COc1cc2c(cc1OC)[C@H](c1cccs1)N(CC(=O)Nc1ccc([N+](=O)[O-])cc1Cl)CC2. The maximum Gasteiger partial charge on any atom is 0.271 e. The summed E-state index contributed by atoms with van der Waals surface area (Å²) in [5.74, 6) is 1.07. The minimum Gasteiger partial charge on any atom is -0.493 e. The van der Waals surface area contributed by atoms with Gasteiger partial charge in [-0.05, 0) is 47.2 Å². The first-order valence-corrected chi connectivity index (χ1v) is 11.4. The van der Waals surface area contributed by atoms with E-state index >= 15 is 0 Å². The van der Waals surface area contributed by atoms with Gasteiger partial charge < -0.3 is 14.8 Å². The Morgan fingerprint density at radius 1 is 1.24 bits per heavy atom. The van der Waals surface area contributed by atoms with Crippen LogP contribution in [-0.2, 0) is 11.2 Å². The smallest absolute Gasteiger partial charge is 0.271 e. The molecule has 33 heavy (non-hydrogen) atoms. The highest BCUT2D eigenvalue weighted by molar-refractivity contribution is 7.10. The van der Waals surface area contributed by atoms with Crippen LogP contribution in [0.2, 0.25) is 5.02 Å². The number of anilines is 1. The summed E-state index contributed by atoms with van der Waals surface area (Å²) >= 11 is 7.77. The van der Waals surface area contributed by atoms with Gasteiger partial charge in [0, 0.05) is 23.6 Å². The first-order valence-electron chi connectivity index (χ1n) is 10.2. The zero-order chi connectivity index (χ0) is 23.5. The fourth-order valence-corrected chi connectivity index (χ4v) is 5.14. The van der Waals surface area contributed by atoms with Crippen LogP contribution in [0.1, 0.15) is 22.0 Å². The lowest BCUT2D eigenvalue weighted by atomic mass is 9.91. The van der Waals surface area contributed by atoms with E-state index in [0.717, 1.165) is 22.4 Å². The number of methoxy groups -OCH3 is 2. The number of amides is 1. The van der Waals surface area contributed by atoms with Crippen molar-refractivity contribution >= 4 is 40.2 Å². The number of halogens is 1. The lowest BCUT2D eigenvalue weighted by molar-refractivity contribution is -0.384. The molecule has 1 aliphatic heterocycles. The largest absolute Gasteiger partial charge is 0.493 e. The van der Waals surface area contributed by atoms with Gasteiger partial charge in [0.25, 0.3) is 5.69 Å². The number of benzene rings is 2. The van der Waals surface area contributed by atoms with Crippen molar-refractivity contribution in [2.45, 2.75) is 12.5 Å². The molecule has 0 saturated carbocycles. The molecule has 1 N–H and O–H groups in total. The van der Waals surface area contributed by atoms with Crippen LogP contribution in [0.15, 0.2) is 47.8 Å².